The molecule has 0 bridgehead atoms. The monoisotopic (exact) mass is 258 g/mol. The number of nitrogens with two attached hydrogens (primary N) is 1. The lowest BCUT2D eigenvalue weighted by Crippen LogP contribution is -2.46. The van der Waals surface area contributed by atoms with Crippen LogP contribution in [0.4, 0.5) is 0 Å². The Morgan fingerprint density at radius 1 is 1.22 bits per heavy atom. The Bertz CT molecular complexity index is 242. The van der Waals surface area contributed by atoms with Gasteiger partial charge in [0.15, 0.2) is 6.29 Å². The number of hydrogen-bond donors (Lipinski definition) is 2. The van der Waals surface area contributed by atoms with Crippen LogP contribution in [0.1, 0.15) is 33.1 Å². The van der Waals surface area contributed by atoms with Crippen molar-refractivity contribution in [3.63, 3.8) is 0 Å². The molecule has 0 aliphatic carbocycles. The van der Waals surface area contributed by atoms with Gasteiger partial charge in [0.25, 0.3) is 0 Å². The highest BCUT2D eigenvalue weighted by Crippen LogP contribution is 2.19. The van der Waals surface area contributed by atoms with Crippen LogP contribution < -0.4 is 11.1 Å². The summed E-state index contributed by atoms with van der Waals surface area (Å²) in [5.41, 5.74) is 5.85. The Morgan fingerprint density at radius 2 is 2.06 bits per heavy atom. The molecule has 2 saturated heterocycles. The lowest BCUT2D eigenvalue weighted by atomic mass is 10.1. The third-order valence-electron chi connectivity index (χ3n) is 3.35. The van der Waals surface area contributed by atoms with E-state index in [2.05, 4.69) is 19.2 Å². The number of hydrogen-bond acceptors (Lipinski definition) is 5. The summed E-state index contributed by atoms with van der Waals surface area (Å²) in [6.07, 6.45) is 2.91. The molecule has 2 aliphatic heterocycles. The Labute approximate surface area is 109 Å². The molecule has 0 aromatic rings. The first kappa shape index (κ1) is 14.2. The number of nitrogens with one attached hydrogen (secondary N) is 1. The van der Waals surface area contributed by atoms with Crippen molar-refractivity contribution >= 4 is 0 Å². The summed E-state index contributed by atoms with van der Waals surface area (Å²) < 4.78 is 17.0. The van der Waals surface area contributed by atoms with E-state index < -0.39 is 0 Å². The van der Waals surface area contributed by atoms with Crippen molar-refractivity contribution in [2.24, 2.45) is 5.73 Å². The van der Waals surface area contributed by atoms with E-state index in [1.165, 1.54) is 0 Å². The maximum absolute atomic E-state index is 5.90. The van der Waals surface area contributed by atoms with Crippen molar-refractivity contribution in [3.8, 4) is 0 Å². The Hall–Kier alpha value is -0.200. The minimum atomic E-state index is -0.0888. The molecule has 0 radical (unpaired) electrons. The highest BCUT2D eigenvalue weighted by Gasteiger charge is 2.27. The van der Waals surface area contributed by atoms with Gasteiger partial charge in [-0.1, -0.05) is 13.8 Å². The van der Waals surface area contributed by atoms with Gasteiger partial charge in [-0.25, -0.2) is 0 Å². The molecule has 2 fully saturated rings. The van der Waals surface area contributed by atoms with Crippen LogP contribution >= 0.6 is 0 Å². The van der Waals surface area contributed by atoms with E-state index in [-0.39, 0.29) is 18.4 Å². The third-order valence-corrected chi connectivity index (χ3v) is 3.35. The molecule has 2 aliphatic rings. The zero-order valence-corrected chi connectivity index (χ0v) is 11.4. The molecule has 0 amide bonds. The van der Waals surface area contributed by atoms with E-state index >= 15 is 0 Å². The first-order chi connectivity index (χ1) is 8.63. The van der Waals surface area contributed by atoms with Crippen molar-refractivity contribution < 1.29 is 14.2 Å². The second kappa shape index (κ2) is 6.82. The fourth-order valence-electron chi connectivity index (χ4n) is 2.57. The van der Waals surface area contributed by atoms with Crippen molar-refractivity contribution in [1.82, 2.24) is 5.32 Å². The summed E-state index contributed by atoms with van der Waals surface area (Å²) in [7, 11) is 0. The van der Waals surface area contributed by atoms with Crippen LogP contribution in [0.5, 0.6) is 0 Å². The molecule has 0 saturated carbocycles. The lowest BCUT2D eigenvalue weighted by molar-refractivity contribution is -0.212. The second-order valence-corrected chi connectivity index (χ2v) is 5.65. The van der Waals surface area contributed by atoms with Gasteiger partial charge in [-0.05, 0) is 19.3 Å². The summed E-state index contributed by atoms with van der Waals surface area (Å²) in [5, 5.41) is 3.49. The molecule has 5 heteroatoms. The molecule has 0 spiro atoms. The topological polar surface area (TPSA) is 65.7 Å². The minimum absolute atomic E-state index is 0.0888. The van der Waals surface area contributed by atoms with Crippen molar-refractivity contribution in [2.45, 2.75) is 63.6 Å². The fourth-order valence-corrected chi connectivity index (χ4v) is 2.57. The Balaban J connectivity index is 1.66. The van der Waals surface area contributed by atoms with Crippen molar-refractivity contribution in [1.29, 1.82) is 0 Å². The predicted octanol–water partition coefficient (Wildman–Crippen LogP) is 0.622. The zero-order valence-electron chi connectivity index (χ0n) is 11.4. The highest BCUT2D eigenvalue weighted by atomic mass is 16.7. The highest BCUT2D eigenvalue weighted by molar-refractivity contribution is 4.77. The molecular weight excluding hydrogens is 232 g/mol. The summed E-state index contributed by atoms with van der Waals surface area (Å²) >= 11 is 0. The SMILES string of the molecule is CC(C)NC1CCC(OC2COCC(N)C2)OC1. The molecule has 2 rings (SSSR count). The number of rotatable bonds is 4. The molecule has 0 aromatic heterocycles. The third kappa shape index (κ3) is 4.48. The van der Waals surface area contributed by atoms with E-state index in [1.54, 1.807) is 0 Å². The van der Waals surface area contributed by atoms with Crippen LogP contribution in [0.25, 0.3) is 0 Å². The molecule has 3 N–H and O–H groups in total. The van der Waals surface area contributed by atoms with Crippen molar-refractivity contribution in [3.05, 3.63) is 0 Å². The van der Waals surface area contributed by atoms with E-state index in [4.69, 9.17) is 19.9 Å². The molecule has 4 unspecified atom stereocenters. The fraction of sp³-hybridized carbons (Fsp3) is 1.00. The Kier molecular flexibility index (Phi) is 5.38. The maximum Gasteiger partial charge on any atom is 0.158 e. The second-order valence-electron chi connectivity index (χ2n) is 5.65. The van der Waals surface area contributed by atoms with Crippen LogP contribution in [-0.2, 0) is 14.2 Å². The average Bonchev–Trinajstić information content (AvgIpc) is 2.31. The van der Waals surface area contributed by atoms with Gasteiger partial charge in [0.05, 0.1) is 25.9 Å². The lowest BCUT2D eigenvalue weighted by Gasteiger charge is -2.34. The van der Waals surface area contributed by atoms with Crippen LogP contribution in [0.3, 0.4) is 0 Å². The smallest absolute Gasteiger partial charge is 0.158 e. The average molecular weight is 258 g/mol. The van der Waals surface area contributed by atoms with E-state index in [9.17, 15) is 0 Å². The zero-order chi connectivity index (χ0) is 13.0. The van der Waals surface area contributed by atoms with Crippen molar-refractivity contribution in [2.75, 3.05) is 19.8 Å². The molecule has 4 atom stereocenters. The van der Waals surface area contributed by atoms with E-state index in [1.807, 2.05) is 0 Å². The van der Waals surface area contributed by atoms with E-state index in [0.29, 0.717) is 25.3 Å². The molecular formula is C13H26N2O3. The molecule has 0 aromatic carbocycles. The predicted molar refractivity (Wildman–Crippen MR) is 69.3 cm³/mol. The van der Waals surface area contributed by atoms with E-state index in [0.717, 1.165) is 25.9 Å². The molecule has 106 valence electrons. The minimum Gasteiger partial charge on any atom is -0.377 e. The van der Waals surface area contributed by atoms with Crippen LogP contribution in [0.2, 0.25) is 0 Å². The number of ether oxygens (including phenoxy) is 3. The van der Waals surface area contributed by atoms with Crippen LogP contribution in [0.15, 0.2) is 0 Å². The van der Waals surface area contributed by atoms with Gasteiger partial charge in [0.2, 0.25) is 0 Å². The van der Waals surface area contributed by atoms with Gasteiger partial charge in [0, 0.05) is 18.1 Å². The normalized spacial score (nSPS) is 38.0. The molecule has 18 heavy (non-hydrogen) atoms. The standard InChI is InChI=1S/C13H26N2O3/c1-9(2)15-11-3-4-13(17-7-11)18-12-5-10(14)6-16-8-12/h9-13,15H,3-8,14H2,1-2H3. The van der Waals surface area contributed by atoms with Gasteiger partial charge >= 0.3 is 0 Å². The van der Waals surface area contributed by atoms with Crippen LogP contribution in [0, 0.1) is 0 Å². The summed E-state index contributed by atoms with van der Waals surface area (Å²) in [6.45, 7) is 6.32. The van der Waals surface area contributed by atoms with Gasteiger partial charge in [-0.2, -0.15) is 0 Å². The van der Waals surface area contributed by atoms with Gasteiger partial charge in [-0.3, -0.25) is 0 Å². The molecule has 2 heterocycles. The first-order valence-corrected chi connectivity index (χ1v) is 7.00. The summed E-state index contributed by atoms with van der Waals surface area (Å²) in [4.78, 5) is 0. The summed E-state index contributed by atoms with van der Waals surface area (Å²) in [5.74, 6) is 0. The maximum atomic E-state index is 5.90. The Morgan fingerprint density at radius 3 is 2.67 bits per heavy atom. The quantitative estimate of drug-likeness (QED) is 0.774. The summed E-state index contributed by atoms with van der Waals surface area (Å²) in [6, 6.07) is 1.05. The molecule has 5 nitrogen and oxygen atoms in total. The van der Waals surface area contributed by atoms with Crippen LogP contribution in [-0.4, -0.2) is 50.3 Å². The first-order valence-electron chi connectivity index (χ1n) is 7.00. The van der Waals surface area contributed by atoms with Gasteiger partial charge in [0.1, 0.15) is 0 Å². The largest absolute Gasteiger partial charge is 0.377 e. The van der Waals surface area contributed by atoms with Gasteiger partial charge < -0.3 is 25.3 Å². The van der Waals surface area contributed by atoms with Gasteiger partial charge in [-0.15, -0.1) is 0 Å².